The Morgan fingerprint density at radius 2 is 1.30 bits per heavy atom. The Labute approximate surface area is 137 Å². The third-order valence-corrected chi connectivity index (χ3v) is 4.28. The molecule has 0 spiro atoms. The zero-order valence-corrected chi connectivity index (χ0v) is 13.5. The molecule has 114 valence electrons. The Bertz CT molecular complexity index is 832. The predicted octanol–water partition coefficient (Wildman–Crippen LogP) is 5.40. The SMILES string of the molecule is Cc1ccccc1-c1cccc(C)c1CC(=O)c1ccccc1. The van der Waals surface area contributed by atoms with E-state index in [9.17, 15) is 4.79 Å². The van der Waals surface area contributed by atoms with E-state index >= 15 is 0 Å². The summed E-state index contributed by atoms with van der Waals surface area (Å²) in [4.78, 5) is 12.6. The molecule has 0 saturated heterocycles. The number of hydrogen-bond donors (Lipinski definition) is 0. The van der Waals surface area contributed by atoms with Crippen LogP contribution in [0.4, 0.5) is 0 Å². The average Bonchev–Trinajstić information content (AvgIpc) is 2.58. The Hall–Kier alpha value is -2.67. The van der Waals surface area contributed by atoms with Gasteiger partial charge in [-0.25, -0.2) is 0 Å². The normalized spacial score (nSPS) is 10.5. The van der Waals surface area contributed by atoms with Gasteiger partial charge in [0.25, 0.3) is 0 Å². The molecule has 0 unspecified atom stereocenters. The molecule has 3 rings (SSSR count). The van der Waals surface area contributed by atoms with Gasteiger partial charge in [0.1, 0.15) is 0 Å². The van der Waals surface area contributed by atoms with E-state index < -0.39 is 0 Å². The topological polar surface area (TPSA) is 17.1 Å². The molecule has 1 heteroatoms. The monoisotopic (exact) mass is 300 g/mol. The molecule has 0 amide bonds. The van der Waals surface area contributed by atoms with Gasteiger partial charge in [0.2, 0.25) is 0 Å². The van der Waals surface area contributed by atoms with E-state index in [-0.39, 0.29) is 5.78 Å². The summed E-state index contributed by atoms with van der Waals surface area (Å²) in [5.74, 6) is 0.162. The third-order valence-electron chi connectivity index (χ3n) is 4.28. The van der Waals surface area contributed by atoms with Gasteiger partial charge in [0.05, 0.1) is 0 Å². The second-order valence-corrected chi connectivity index (χ2v) is 5.88. The number of hydrogen-bond acceptors (Lipinski definition) is 1. The molecule has 0 N–H and O–H groups in total. The Balaban J connectivity index is 2.03. The lowest BCUT2D eigenvalue weighted by Gasteiger charge is -2.14. The number of ketones is 1. The molecule has 0 fully saturated rings. The fourth-order valence-corrected chi connectivity index (χ4v) is 2.95. The summed E-state index contributed by atoms with van der Waals surface area (Å²) >= 11 is 0. The molecule has 0 heterocycles. The van der Waals surface area contributed by atoms with E-state index in [2.05, 4.69) is 44.2 Å². The van der Waals surface area contributed by atoms with Crippen LogP contribution in [0.2, 0.25) is 0 Å². The van der Waals surface area contributed by atoms with E-state index in [1.807, 2.05) is 42.5 Å². The maximum atomic E-state index is 12.6. The average molecular weight is 300 g/mol. The molecule has 1 nitrogen and oxygen atoms in total. The van der Waals surface area contributed by atoms with Crippen LogP contribution < -0.4 is 0 Å². The van der Waals surface area contributed by atoms with Crippen LogP contribution in [0.15, 0.2) is 72.8 Å². The summed E-state index contributed by atoms with van der Waals surface area (Å²) in [5, 5.41) is 0. The molecule has 0 bridgehead atoms. The highest BCUT2D eigenvalue weighted by molar-refractivity contribution is 5.98. The summed E-state index contributed by atoms with van der Waals surface area (Å²) in [6.45, 7) is 4.19. The smallest absolute Gasteiger partial charge is 0.167 e. The highest BCUT2D eigenvalue weighted by Gasteiger charge is 2.14. The molecule has 23 heavy (non-hydrogen) atoms. The van der Waals surface area contributed by atoms with Gasteiger partial charge in [-0.1, -0.05) is 72.8 Å². The largest absolute Gasteiger partial charge is 0.294 e. The van der Waals surface area contributed by atoms with Crippen LogP contribution in [0.25, 0.3) is 11.1 Å². The zero-order valence-electron chi connectivity index (χ0n) is 13.5. The maximum absolute atomic E-state index is 12.6. The minimum atomic E-state index is 0.162. The molecule has 0 aliphatic carbocycles. The predicted molar refractivity (Wildman–Crippen MR) is 95.8 cm³/mol. The number of carbonyl (C=O) groups is 1. The summed E-state index contributed by atoms with van der Waals surface area (Å²) < 4.78 is 0. The summed E-state index contributed by atoms with van der Waals surface area (Å²) in [7, 11) is 0. The Morgan fingerprint density at radius 3 is 2.04 bits per heavy atom. The maximum Gasteiger partial charge on any atom is 0.167 e. The van der Waals surface area contributed by atoms with Crippen molar-refractivity contribution < 1.29 is 4.79 Å². The quantitative estimate of drug-likeness (QED) is 0.590. The van der Waals surface area contributed by atoms with Gasteiger partial charge >= 0.3 is 0 Å². The van der Waals surface area contributed by atoms with Crippen LogP contribution in [-0.2, 0) is 6.42 Å². The number of Topliss-reactive ketones (excluding diaryl/α,β-unsaturated/α-hetero) is 1. The van der Waals surface area contributed by atoms with Crippen LogP contribution >= 0.6 is 0 Å². The number of rotatable bonds is 4. The second-order valence-electron chi connectivity index (χ2n) is 5.88. The van der Waals surface area contributed by atoms with Crippen molar-refractivity contribution in [2.75, 3.05) is 0 Å². The van der Waals surface area contributed by atoms with Gasteiger partial charge in [-0.3, -0.25) is 4.79 Å². The molecule has 0 aromatic heterocycles. The Kier molecular flexibility index (Phi) is 4.38. The third kappa shape index (κ3) is 3.24. The first kappa shape index (κ1) is 15.2. The van der Waals surface area contributed by atoms with Crippen LogP contribution in [-0.4, -0.2) is 5.78 Å². The second kappa shape index (κ2) is 6.62. The summed E-state index contributed by atoms with van der Waals surface area (Å²) in [6.07, 6.45) is 0.431. The van der Waals surface area contributed by atoms with Gasteiger partial charge in [0.15, 0.2) is 5.78 Å². The van der Waals surface area contributed by atoms with Crippen molar-refractivity contribution in [1.82, 2.24) is 0 Å². The van der Waals surface area contributed by atoms with Crippen molar-refractivity contribution in [1.29, 1.82) is 0 Å². The van der Waals surface area contributed by atoms with Gasteiger partial charge in [0, 0.05) is 12.0 Å². The molecular formula is C22H20O. The van der Waals surface area contributed by atoms with E-state index in [0.29, 0.717) is 6.42 Å². The van der Waals surface area contributed by atoms with Crippen molar-refractivity contribution in [3.05, 3.63) is 95.1 Å². The molecule has 0 atom stereocenters. The van der Waals surface area contributed by atoms with E-state index in [0.717, 1.165) is 22.3 Å². The first-order chi connectivity index (χ1) is 11.2. The van der Waals surface area contributed by atoms with Crippen LogP contribution in [0.1, 0.15) is 27.0 Å². The lowest BCUT2D eigenvalue weighted by atomic mass is 9.89. The highest BCUT2D eigenvalue weighted by Crippen LogP contribution is 2.29. The first-order valence-electron chi connectivity index (χ1n) is 7.89. The molecule has 3 aromatic rings. The van der Waals surface area contributed by atoms with Crippen LogP contribution in [0, 0.1) is 13.8 Å². The fraction of sp³-hybridized carbons (Fsp3) is 0.136. The van der Waals surface area contributed by atoms with Gasteiger partial charge in [-0.2, -0.15) is 0 Å². The number of benzene rings is 3. The summed E-state index contributed by atoms with van der Waals surface area (Å²) in [6, 6.07) is 24.1. The number of carbonyl (C=O) groups excluding carboxylic acids is 1. The zero-order chi connectivity index (χ0) is 16.2. The molecule has 0 aliphatic heterocycles. The van der Waals surface area contributed by atoms with E-state index in [1.165, 1.54) is 11.1 Å². The van der Waals surface area contributed by atoms with Crippen LogP contribution in [0.3, 0.4) is 0 Å². The summed E-state index contributed by atoms with van der Waals surface area (Å²) in [5.41, 5.74) is 6.64. The van der Waals surface area contributed by atoms with Crippen molar-refractivity contribution in [3.63, 3.8) is 0 Å². The van der Waals surface area contributed by atoms with Gasteiger partial charge < -0.3 is 0 Å². The minimum Gasteiger partial charge on any atom is -0.294 e. The Morgan fingerprint density at radius 1 is 0.696 bits per heavy atom. The molecule has 3 aromatic carbocycles. The molecule has 0 radical (unpaired) electrons. The number of aryl methyl sites for hydroxylation is 2. The standard InChI is InChI=1S/C22H20O/c1-16-9-6-7-13-19(16)20-14-8-10-17(2)21(20)15-22(23)18-11-4-3-5-12-18/h3-14H,15H2,1-2H3. The first-order valence-corrected chi connectivity index (χ1v) is 7.89. The van der Waals surface area contributed by atoms with E-state index in [1.54, 1.807) is 0 Å². The van der Waals surface area contributed by atoms with Crippen molar-refractivity contribution in [2.45, 2.75) is 20.3 Å². The fourth-order valence-electron chi connectivity index (χ4n) is 2.95. The highest BCUT2D eigenvalue weighted by atomic mass is 16.1. The van der Waals surface area contributed by atoms with Crippen molar-refractivity contribution in [3.8, 4) is 11.1 Å². The lowest BCUT2D eigenvalue weighted by Crippen LogP contribution is -2.06. The van der Waals surface area contributed by atoms with Gasteiger partial charge in [-0.15, -0.1) is 0 Å². The van der Waals surface area contributed by atoms with Crippen molar-refractivity contribution in [2.24, 2.45) is 0 Å². The van der Waals surface area contributed by atoms with E-state index in [4.69, 9.17) is 0 Å². The van der Waals surface area contributed by atoms with Gasteiger partial charge in [-0.05, 0) is 41.7 Å². The molecular weight excluding hydrogens is 280 g/mol. The lowest BCUT2D eigenvalue weighted by molar-refractivity contribution is 0.0993. The van der Waals surface area contributed by atoms with Crippen molar-refractivity contribution >= 4 is 5.78 Å². The molecule has 0 aliphatic rings. The molecule has 0 saturated carbocycles. The minimum absolute atomic E-state index is 0.162. The van der Waals surface area contributed by atoms with Crippen LogP contribution in [0.5, 0.6) is 0 Å².